The predicted octanol–water partition coefficient (Wildman–Crippen LogP) is 4.85. The molecule has 1 fully saturated rings. The molecule has 1 saturated heterocycles. The predicted molar refractivity (Wildman–Crippen MR) is 112 cm³/mol. The highest BCUT2D eigenvalue weighted by molar-refractivity contribution is 6.32. The van der Waals surface area contributed by atoms with Crippen LogP contribution in [0.15, 0.2) is 36.4 Å². The molecule has 0 bridgehead atoms. The van der Waals surface area contributed by atoms with E-state index in [4.69, 9.17) is 21.4 Å². The van der Waals surface area contributed by atoms with Crippen LogP contribution in [0.3, 0.4) is 0 Å². The van der Waals surface area contributed by atoms with Crippen molar-refractivity contribution in [1.82, 2.24) is 4.90 Å². The number of likely N-dealkylation sites (tertiary alicyclic amines) is 1. The van der Waals surface area contributed by atoms with Gasteiger partial charge in [0, 0.05) is 23.1 Å². The molecule has 0 unspecified atom stereocenters. The molecule has 2 aliphatic heterocycles. The van der Waals surface area contributed by atoms with Gasteiger partial charge in [-0.05, 0) is 55.8 Å². The number of piperidine rings is 1. The van der Waals surface area contributed by atoms with Crippen LogP contribution in [-0.4, -0.2) is 42.2 Å². The lowest BCUT2D eigenvalue weighted by molar-refractivity contribution is -0.137. The van der Waals surface area contributed by atoms with Crippen LogP contribution in [0, 0.1) is 5.82 Å². The summed E-state index contributed by atoms with van der Waals surface area (Å²) >= 11 is 6.09. The van der Waals surface area contributed by atoms with Gasteiger partial charge in [-0.1, -0.05) is 35.9 Å². The van der Waals surface area contributed by atoms with E-state index in [9.17, 15) is 9.18 Å². The molecule has 0 aromatic heterocycles. The molecule has 2 heterocycles. The molecule has 0 amide bonds. The largest absolute Gasteiger partial charge is 0.492 e. The van der Waals surface area contributed by atoms with E-state index < -0.39 is 5.97 Å². The van der Waals surface area contributed by atoms with Crippen molar-refractivity contribution in [3.8, 4) is 5.75 Å². The van der Waals surface area contributed by atoms with E-state index in [0.29, 0.717) is 23.7 Å². The van der Waals surface area contributed by atoms with Crippen molar-refractivity contribution in [3.63, 3.8) is 0 Å². The molecular weight excluding hydrogens is 393 g/mol. The Bertz CT molecular complexity index is 931. The molecular formula is C23H23ClFNO3. The van der Waals surface area contributed by atoms with Crippen molar-refractivity contribution < 1.29 is 19.0 Å². The molecule has 2 aromatic carbocycles. The van der Waals surface area contributed by atoms with Crippen molar-refractivity contribution in [2.75, 3.05) is 26.2 Å². The summed E-state index contributed by atoms with van der Waals surface area (Å²) in [6.45, 7) is 3.01. The van der Waals surface area contributed by atoms with Gasteiger partial charge in [0.05, 0.1) is 18.1 Å². The molecule has 0 saturated carbocycles. The van der Waals surface area contributed by atoms with E-state index in [1.807, 2.05) is 18.2 Å². The molecule has 0 atom stereocenters. The van der Waals surface area contributed by atoms with Gasteiger partial charge < -0.3 is 14.7 Å². The summed E-state index contributed by atoms with van der Waals surface area (Å²) in [6.07, 6.45) is 5.62. The number of halogens is 2. The highest BCUT2D eigenvalue weighted by Gasteiger charge is 2.42. The normalized spacial score (nSPS) is 18.1. The maximum atomic E-state index is 13.9. The van der Waals surface area contributed by atoms with Gasteiger partial charge in [0.1, 0.15) is 11.6 Å². The summed E-state index contributed by atoms with van der Waals surface area (Å²) in [7, 11) is 0. The van der Waals surface area contributed by atoms with E-state index >= 15 is 0 Å². The Morgan fingerprint density at radius 2 is 2.03 bits per heavy atom. The van der Waals surface area contributed by atoms with E-state index in [1.165, 1.54) is 11.6 Å². The van der Waals surface area contributed by atoms with Gasteiger partial charge in [-0.2, -0.15) is 0 Å². The first kappa shape index (κ1) is 19.9. The number of hydrogen-bond acceptors (Lipinski definition) is 3. The lowest BCUT2D eigenvalue weighted by Crippen LogP contribution is -2.44. The molecule has 4 nitrogen and oxygen atoms in total. The first-order chi connectivity index (χ1) is 14.0. The average Bonchev–Trinajstić information content (AvgIpc) is 3.05. The Balaban J connectivity index is 1.47. The summed E-state index contributed by atoms with van der Waals surface area (Å²) in [5.74, 6) is -0.220. The Morgan fingerprint density at radius 3 is 2.76 bits per heavy atom. The first-order valence-electron chi connectivity index (χ1n) is 9.80. The van der Waals surface area contributed by atoms with Crippen molar-refractivity contribution in [2.45, 2.75) is 24.7 Å². The van der Waals surface area contributed by atoms with Crippen LogP contribution in [0.5, 0.6) is 5.75 Å². The van der Waals surface area contributed by atoms with Gasteiger partial charge in [-0.15, -0.1) is 0 Å². The number of hydrogen-bond donors (Lipinski definition) is 1. The molecule has 6 heteroatoms. The summed E-state index contributed by atoms with van der Waals surface area (Å²) in [4.78, 5) is 13.0. The second-order valence-electron chi connectivity index (χ2n) is 7.78. The zero-order chi connectivity index (χ0) is 20.4. The van der Waals surface area contributed by atoms with Gasteiger partial charge in [-0.25, -0.2) is 4.39 Å². The monoisotopic (exact) mass is 415 g/mol. The van der Waals surface area contributed by atoms with Crippen LogP contribution in [0.25, 0.3) is 12.2 Å². The zero-order valence-corrected chi connectivity index (χ0v) is 16.8. The number of aliphatic carboxylic acids is 1. The lowest BCUT2D eigenvalue weighted by Gasteiger charge is -2.38. The van der Waals surface area contributed by atoms with Gasteiger partial charge in [0.25, 0.3) is 0 Å². The third kappa shape index (κ3) is 4.16. The van der Waals surface area contributed by atoms with Crippen LogP contribution in [-0.2, 0) is 10.2 Å². The van der Waals surface area contributed by atoms with Crippen molar-refractivity contribution in [1.29, 1.82) is 0 Å². The van der Waals surface area contributed by atoms with Crippen molar-refractivity contribution >= 4 is 29.7 Å². The third-order valence-corrected chi connectivity index (χ3v) is 6.31. The fourth-order valence-electron chi connectivity index (χ4n) is 4.22. The van der Waals surface area contributed by atoms with Crippen LogP contribution >= 0.6 is 11.6 Å². The van der Waals surface area contributed by atoms with Crippen LogP contribution in [0.2, 0.25) is 5.02 Å². The number of ether oxygens (including phenoxy) is 1. The molecule has 2 aromatic rings. The third-order valence-electron chi connectivity index (χ3n) is 5.98. The molecule has 0 radical (unpaired) electrons. The number of fused-ring (bicyclic) bond motifs is 2. The summed E-state index contributed by atoms with van der Waals surface area (Å²) in [5.41, 5.74) is 2.53. The van der Waals surface area contributed by atoms with Gasteiger partial charge >= 0.3 is 5.97 Å². The Kier molecular flexibility index (Phi) is 5.61. The molecule has 0 aliphatic carbocycles. The maximum absolute atomic E-state index is 13.9. The van der Waals surface area contributed by atoms with Gasteiger partial charge in [-0.3, -0.25) is 4.79 Å². The Morgan fingerprint density at radius 1 is 1.24 bits per heavy atom. The minimum Gasteiger partial charge on any atom is -0.492 e. The topological polar surface area (TPSA) is 49.8 Å². The molecule has 152 valence electrons. The van der Waals surface area contributed by atoms with Gasteiger partial charge in [0.2, 0.25) is 0 Å². The fraction of sp³-hybridized carbons (Fsp3) is 0.348. The summed E-state index contributed by atoms with van der Waals surface area (Å²) in [5, 5.41) is 9.25. The molecule has 1 spiro atoms. The van der Waals surface area contributed by atoms with Crippen LogP contribution in [0.4, 0.5) is 4.39 Å². The zero-order valence-electron chi connectivity index (χ0n) is 16.0. The summed E-state index contributed by atoms with van der Waals surface area (Å²) in [6, 6.07) is 10.8. The SMILES string of the molecule is O=C(O)CCN1CCC2(CC1)COc1cc(/C=C/c3c(F)cccc3Cl)ccc12. The van der Waals surface area contributed by atoms with Crippen molar-refractivity contribution in [2.24, 2.45) is 0 Å². The maximum Gasteiger partial charge on any atom is 0.304 e. The number of carboxylic acid groups (broad SMARTS) is 1. The second kappa shape index (κ2) is 8.17. The smallest absolute Gasteiger partial charge is 0.304 e. The van der Waals surface area contributed by atoms with Crippen LogP contribution in [0.1, 0.15) is 36.0 Å². The van der Waals surface area contributed by atoms with E-state index in [0.717, 1.165) is 37.2 Å². The number of benzene rings is 2. The molecule has 29 heavy (non-hydrogen) atoms. The van der Waals surface area contributed by atoms with Gasteiger partial charge in [0.15, 0.2) is 0 Å². The molecule has 4 rings (SSSR count). The summed E-state index contributed by atoms with van der Waals surface area (Å²) < 4.78 is 20.0. The highest BCUT2D eigenvalue weighted by Crippen LogP contribution is 2.46. The minimum atomic E-state index is -0.753. The lowest BCUT2D eigenvalue weighted by atomic mass is 9.74. The Hall–Kier alpha value is -2.37. The fourth-order valence-corrected chi connectivity index (χ4v) is 4.44. The highest BCUT2D eigenvalue weighted by atomic mass is 35.5. The van der Waals surface area contributed by atoms with E-state index in [-0.39, 0.29) is 17.7 Å². The number of rotatable bonds is 5. The van der Waals surface area contributed by atoms with Crippen molar-refractivity contribution in [3.05, 3.63) is 63.9 Å². The molecule has 2 aliphatic rings. The number of carboxylic acids is 1. The molecule has 1 N–H and O–H groups in total. The standard InChI is InChI=1S/C23H23ClFNO3/c24-19-2-1-3-20(25)17(19)6-4-16-5-7-18-21(14-16)29-15-23(18)9-12-26(13-10-23)11-8-22(27)28/h1-7,14H,8-13,15H2,(H,27,28)/b6-4+. The Labute approximate surface area is 174 Å². The number of nitrogens with zero attached hydrogens (tertiary/aromatic N) is 1. The first-order valence-corrected chi connectivity index (χ1v) is 10.2. The van der Waals surface area contributed by atoms with E-state index in [2.05, 4.69) is 11.0 Å². The average molecular weight is 416 g/mol. The number of carbonyl (C=O) groups is 1. The quantitative estimate of drug-likeness (QED) is 0.709. The van der Waals surface area contributed by atoms with Crippen LogP contribution < -0.4 is 4.74 Å². The second-order valence-corrected chi connectivity index (χ2v) is 8.19. The van der Waals surface area contributed by atoms with E-state index in [1.54, 1.807) is 18.2 Å². The minimum absolute atomic E-state index is 0.00610.